The molecule has 1 unspecified atom stereocenters. The maximum Gasteiger partial charge on any atom is 0.220 e. The number of amides is 1. The van der Waals surface area contributed by atoms with Crippen molar-refractivity contribution in [2.24, 2.45) is 5.73 Å². The fraction of sp³-hybridized carbons (Fsp3) is 0.864. The predicted octanol–water partition coefficient (Wildman–Crippen LogP) is 14.1. The van der Waals surface area contributed by atoms with E-state index < -0.39 is 0 Å². The van der Waals surface area contributed by atoms with Gasteiger partial charge in [-0.15, -0.1) is 13.2 Å². The summed E-state index contributed by atoms with van der Waals surface area (Å²) in [6, 6.07) is 0.327. The zero-order valence-electron chi connectivity index (χ0n) is 35.6. The third kappa shape index (κ3) is 62.2. The standard InChI is InChI=1S/C23H47NO.C13H25NO.C3H8.C2H6.C2H4.CH5N/c1-4-6-7-8-9-10-11-12-13-14-15-16-17-18-19-20-21-23(25)24-22(3)5-2;1-3-5-6-7-10-13(14)12(4-2)9-8-11-15;1-3-2;3*1-2/h22H,4-21H2,1-3H3,(H,24,25);9,14-15H,3-8,10-11H2,1-2H3;3H2,1-2H3;1-2H3;1-2H2;2H2,1H3/b;12-9+,14-13?;;;;. The van der Waals surface area contributed by atoms with Gasteiger partial charge in [-0.05, 0) is 58.1 Å². The maximum absolute atomic E-state index is 11.6. The molecule has 1 amide bonds. The Morgan fingerprint density at radius 3 is 1.33 bits per heavy atom. The third-order valence-electron chi connectivity index (χ3n) is 7.85. The molecule has 0 fully saturated rings. The normalized spacial score (nSPS) is 10.6. The van der Waals surface area contributed by atoms with Gasteiger partial charge in [-0.2, -0.15) is 0 Å². The number of rotatable bonds is 28. The Bertz CT molecular complexity index is 607. The number of nitrogens with one attached hydrogen (secondary N) is 2. The van der Waals surface area contributed by atoms with Gasteiger partial charge < -0.3 is 21.6 Å². The number of aliphatic hydroxyl groups excluding tert-OH is 1. The molecule has 0 radical (unpaired) electrons. The number of carbonyl (C=O) groups excluding carboxylic acids is 1. The van der Waals surface area contributed by atoms with Crippen molar-refractivity contribution in [2.45, 2.75) is 235 Å². The van der Waals surface area contributed by atoms with Gasteiger partial charge in [0.1, 0.15) is 0 Å². The highest BCUT2D eigenvalue weighted by atomic mass is 16.2. The highest BCUT2D eigenvalue weighted by Crippen LogP contribution is 2.14. The second kappa shape index (κ2) is 61.7. The van der Waals surface area contributed by atoms with Crippen molar-refractivity contribution in [3.05, 3.63) is 24.8 Å². The highest BCUT2D eigenvalue weighted by Gasteiger charge is 2.05. The number of unbranched alkanes of at least 4 members (excludes halogenated alkanes) is 18. The maximum atomic E-state index is 11.6. The van der Waals surface area contributed by atoms with Gasteiger partial charge in [-0.3, -0.25) is 4.79 Å². The Balaban J connectivity index is -0.000000163. The molecule has 0 aliphatic rings. The molecule has 0 spiro atoms. The predicted molar refractivity (Wildman–Crippen MR) is 227 cm³/mol. The van der Waals surface area contributed by atoms with Gasteiger partial charge in [0.2, 0.25) is 5.91 Å². The number of aliphatic hydroxyl groups is 1. The number of carbonyl (C=O) groups is 1. The zero-order valence-corrected chi connectivity index (χ0v) is 35.6. The van der Waals surface area contributed by atoms with Crippen molar-refractivity contribution in [3.63, 3.8) is 0 Å². The minimum atomic E-state index is 0.187. The summed E-state index contributed by atoms with van der Waals surface area (Å²) in [5.74, 6) is 0.236. The molecule has 298 valence electrons. The molecule has 5 nitrogen and oxygen atoms in total. The third-order valence-corrected chi connectivity index (χ3v) is 7.85. The van der Waals surface area contributed by atoms with Gasteiger partial charge in [0.05, 0.1) is 0 Å². The molecule has 0 aromatic carbocycles. The summed E-state index contributed by atoms with van der Waals surface area (Å²) >= 11 is 0. The van der Waals surface area contributed by atoms with Gasteiger partial charge in [0, 0.05) is 24.8 Å². The Hall–Kier alpha value is -1.46. The van der Waals surface area contributed by atoms with Crippen LogP contribution < -0.4 is 11.1 Å². The van der Waals surface area contributed by atoms with E-state index in [2.05, 4.69) is 72.7 Å². The largest absolute Gasteiger partial charge is 0.396 e. The molecule has 0 aromatic rings. The van der Waals surface area contributed by atoms with Crippen LogP contribution in [-0.2, 0) is 4.79 Å². The zero-order chi connectivity index (χ0) is 38.8. The Labute approximate surface area is 311 Å². The van der Waals surface area contributed by atoms with E-state index in [0.29, 0.717) is 18.9 Å². The molecule has 0 saturated carbocycles. The second-order valence-electron chi connectivity index (χ2n) is 12.5. The molecule has 5 heteroatoms. The first-order chi connectivity index (χ1) is 23.9. The minimum absolute atomic E-state index is 0.187. The van der Waals surface area contributed by atoms with Crippen LogP contribution in [0, 0.1) is 5.41 Å². The van der Waals surface area contributed by atoms with Gasteiger partial charge >= 0.3 is 0 Å². The van der Waals surface area contributed by atoms with Gasteiger partial charge in [-0.25, -0.2) is 0 Å². The summed E-state index contributed by atoms with van der Waals surface area (Å²) in [5, 5.41) is 19.7. The van der Waals surface area contributed by atoms with E-state index in [0.717, 1.165) is 43.4 Å². The van der Waals surface area contributed by atoms with Crippen LogP contribution in [0.4, 0.5) is 0 Å². The lowest BCUT2D eigenvalue weighted by molar-refractivity contribution is -0.121. The highest BCUT2D eigenvalue weighted by molar-refractivity contribution is 5.97. The van der Waals surface area contributed by atoms with E-state index in [4.69, 9.17) is 10.5 Å². The van der Waals surface area contributed by atoms with Crippen molar-refractivity contribution in [1.29, 1.82) is 5.41 Å². The van der Waals surface area contributed by atoms with Crippen molar-refractivity contribution in [1.82, 2.24) is 5.32 Å². The monoisotopic (exact) mass is 698 g/mol. The summed E-state index contributed by atoms with van der Waals surface area (Å²) < 4.78 is 0. The van der Waals surface area contributed by atoms with Crippen LogP contribution in [0.3, 0.4) is 0 Å². The van der Waals surface area contributed by atoms with E-state index in [1.165, 1.54) is 129 Å². The van der Waals surface area contributed by atoms with Crippen LogP contribution in [-0.4, -0.2) is 36.4 Å². The summed E-state index contributed by atoms with van der Waals surface area (Å²) in [6.45, 7) is 25.2. The number of hydrogen-bond acceptors (Lipinski definition) is 4. The Morgan fingerprint density at radius 1 is 0.673 bits per heavy atom. The van der Waals surface area contributed by atoms with Crippen LogP contribution in [0.1, 0.15) is 229 Å². The van der Waals surface area contributed by atoms with Crippen LogP contribution in [0.25, 0.3) is 0 Å². The van der Waals surface area contributed by atoms with E-state index in [1.807, 2.05) is 19.9 Å². The fourth-order valence-electron chi connectivity index (χ4n) is 4.89. The first-order valence-corrected chi connectivity index (χ1v) is 21.1. The molecule has 0 rings (SSSR count). The molecule has 0 heterocycles. The van der Waals surface area contributed by atoms with Gasteiger partial charge in [0.15, 0.2) is 0 Å². The SMILES string of the molecule is C=C.CC.CCC.CCCCCCC(=N)/C(=C/CCO)CC.CCCCCCCCCCCCCCCCCCC(=O)NC(C)CC.CN. The Kier molecular flexibility index (Phi) is 75.2. The number of hydrogen-bond donors (Lipinski definition) is 4. The molecule has 0 aromatic heterocycles. The van der Waals surface area contributed by atoms with E-state index in [1.54, 1.807) is 0 Å². The summed E-state index contributed by atoms with van der Waals surface area (Å²) in [5.41, 5.74) is 6.38. The topological polar surface area (TPSA) is 99.2 Å². The number of allylic oxidation sites excluding steroid dienone is 1. The quantitative estimate of drug-likeness (QED) is 0.0372. The molecular formula is C44H95N3O2. The van der Waals surface area contributed by atoms with Crippen LogP contribution in [0.5, 0.6) is 0 Å². The van der Waals surface area contributed by atoms with Crippen LogP contribution in [0.2, 0.25) is 0 Å². The summed E-state index contributed by atoms with van der Waals surface area (Å²) in [6.07, 6.45) is 34.4. The van der Waals surface area contributed by atoms with Gasteiger partial charge in [0.25, 0.3) is 0 Å². The first-order valence-electron chi connectivity index (χ1n) is 21.1. The van der Waals surface area contributed by atoms with Crippen molar-refractivity contribution >= 4 is 11.6 Å². The molecule has 0 aliphatic heterocycles. The van der Waals surface area contributed by atoms with E-state index >= 15 is 0 Å². The molecule has 1 atom stereocenters. The number of nitrogens with two attached hydrogens (primary N) is 1. The van der Waals surface area contributed by atoms with Crippen molar-refractivity contribution < 1.29 is 9.90 Å². The second-order valence-corrected chi connectivity index (χ2v) is 12.5. The van der Waals surface area contributed by atoms with E-state index in [9.17, 15) is 4.79 Å². The molecule has 5 N–H and O–H groups in total. The van der Waals surface area contributed by atoms with Crippen molar-refractivity contribution in [3.8, 4) is 0 Å². The molecular weight excluding hydrogens is 603 g/mol. The summed E-state index contributed by atoms with van der Waals surface area (Å²) in [4.78, 5) is 11.6. The lowest BCUT2D eigenvalue weighted by Crippen LogP contribution is -2.31. The first kappa shape index (κ1) is 59.7. The van der Waals surface area contributed by atoms with Crippen LogP contribution in [0.15, 0.2) is 24.8 Å². The molecule has 0 saturated heterocycles. The van der Waals surface area contributed by atoms with E-state index in [-0.39, 0.29) is 12.5 Å². The van der Waals surface area contributed by atoms with Gasteiger partial charge in [-0.1, -0.05) is 183 Å². The molecule has 0 aliphatic carbocycles. The minimum Gasteiger partial charge on any atom is -0.396 e. The van der Waals surface area contributed by atoms with Crippen molar-refractivity contribution in [2.75, 3.05) is 13.7 Å². The lowest BCUT2D eigenvalue weighted by Gasteiger charge is -2.10. The smallest absolute Gasteiger partial charge is 0.220 e. The summed E-state index contributed by atoms with van der Waals surface area (Å²) in [7, 11) is 1.50. The van der Waals surface area contributed by atoms with Crippen LogP contribution >= 0.6 is 0 Å². The average molecular weight is 698 g/mol. The Morgan fingerprint density at radius 2 is 1.00 bits per heavy atom. The molecule has 0 bridgehead atoms. The average Bonchev–Trinajstić information content (AvgIpc) is 3.13. The lowest BCUT2D eigenvalue weighted by atomic mass is 10.0. The molecule has 49 heavy (non-hydrogen) atoms. The fourth-order valence-corrected chi connectivity index (χ4v) is 4.89.